The zero-order chi connectivity index (χ0) is 15.9. The van der Waals surface area contributed by atoms with Gasteiger partial charge in [-0.15, -0.1) is 0 Å². The Morgan fingerprint density at radius 1 is 1.19 bits per heavy atom. The summed E-state index contributed by atoms with van der Waals surface area (Å²) in [5, 5.41) is 3.28. The number of nitrogens with one attached hydrogen (secondary N) is 1. The molecule has 1 rings (SSSR count). The summed E-state index contributed by atoms with van der Waals surface area (Å²) in [7, 11) is 3.63. The number of aryl methyl sites for hydroxylation is 1. The van der Waals surface area contributed by atoms with Crippen molar-refractivity contribution in [2.75, 3.05) is 34.0 Å². The van der Waals surface area contributed by atoms with Crippen LogP contribution in [0.4, 0.5) is 0 Å². The Morgan fingerprint density at radius 3 is 2.48 bits per heavy atom. The van der Waals surface area contributed by atoms with Crippen LogP contribution in [0.15, 0.2) is 18.2 Å². The van der Waals surface area contributed by atoms with Gasteiger partial charge < -0.3 is 19.5 Å². The third-order valence-corrected chi connectivity index (χ3v) is 3.16. The molecule has 0 heterocycles. The van der Waals surface area contributed by atoms with Crippen molar-refractivity contribution < 1.29 is 14.2 Å². The predicted molar refractivity (Wildman–Crippen MR) is 86.1 cm³/mol. The summed E-state index contributed by atoms with van der Waals surface area (Å²) in [6.45, 7) is 9.98. The SMILES string of the molecule is CNC(COCCOC(C)(C)C)c1cc(C)ccc1OC. The van der Waals surface area contributed by atoms with Gasteiger partial charge in [-0.2, -0.15) is 0 Å². The van der Waals surface area contributed by atoms with Crippen LogP contribution in [0.5, 0.6) is 5.75 Å². The zero-order valence-corrected chi connectivity index (χ0v) is 14.2. The maximum Gasteiger partial charge on any atom is 0.123 e. The maximum atomic E-state index is 5.73. The molecule has 0 fully saturated rings. The number of hydrogen-bond donors (Lipinski definition) is 1. The molecular weight excluding hydrogens is 266 g/mol. The molecule has 0 radical (unpaired) electrons. The third kappa shape index (κ3) is 6.46. The lowest BCUT2D eigenvalue weighted by Crippen LogP contribution is -2.25. The molecule has 21 heavy (non-hydrogen) atoms. The van der Waals surface area contributed by atoms with Gasteiger partial charge in [-0.25, -0.2) is 0 Å². The molecule has 1 N–H and O–H groups in total. The van der Waals surface area contributed by atoms with E-state index in [1.165, 1.54) is 5.56 Å². The summed E-state index contributed by atoms with van der Waals surface area (Å²) in [5.74, 6) is 0.884. The second-order valence-electron chi connectivity index (χ2n) is 6.12. The summed E-state index contributed by atoms with van der Waals surface area (Å²) in [6, 6.07) is 6.29. The van der Waals surface area contributed by atoms with E-state index in [1.807, 2.05) is 40.0 Å². The fourth-order valence-electron chi connectivity index (χ4n) is 2.06. The van der Waals surface area contributed by atoms with Gasteiger partial charge in [-0.3, -0.25) is 0 Å². The van der Waals surface area contributed by atoms with Crippen molar-refractivity contribution in [1.29, 1.82) is 0 Å². The standard InChI is InChI=1S/C17H29NO3/c1-13-7-8-16(19-6)14(11-13)15(18-5)12-20-9-10-21-17(2,3)4/h7-8,11,15,18H,9-10,12H2,1-6H3. The highest BCUT2D eigenvalue weighted by molar-refractivity contribution is 5.39. The lowest BCUT2D eigenvalue weighted by molar-refractivity contribution is -0.0372. The number of likely N-dealkylation sites (N-methyl/N-ethyl adjacent to an activating group) is 1. The van der Waals surface area contributed by atoms with E-state index in [0.29, 0.717) is 19.8 Å². The van der Waals surface area contributed by atoms with E-state index in [0.717, 1.165) is 11.3 Å². The first-order valence-corrected chi connectivity index (χ1v) is 7.41. The lowest BCUT2D eigenvalue weighted by Gasteiger charge is -2.22. The Kier molecular flexibility index (Phi) is 7.15. The minimum Gasteiger partial charge on any atom is -0.496 e. The summed E-state index contributed by atoms with van der Waals surface area (Å²) in [6.07, 6.45) is 0. The highest BCUT2D eigenvalue weighted by atomic mass is 16.5. The van der Waals surface area contributed by atoms with Crippen molar-refractivity contribution in [2.45, 2.75) is 39.3 Å². The molecule has 0 aliphatic heterocycles. The largest absolute Gasteiger partial charge is 0.496 e. The van der Waals surface area contributed by atoms with Crippen LogP contribution in [-0.2, 0) is 9.47 Å². The first kappa shape index (κ1) is 18.0. The van der Waals surface area contributed by atoms with Crippen LogP contribution < -0.4 is 10.1 Å². The number of rotatable bonds is 8. The average Bonchev–Trinajstić information content (AvgIpc) is 2.41. The van der Waals surface area contributed by atoms with Gasteiger partial charge in [0.15, 0.2) is 0 Å². The Morgan fingerprint density at radius 2 is 1.90 bits per heavy atom. The molecule has 0 spiro atoms. The van der Waals surface area contributed by atoms with Gasteiger partial charge in [0, 0.05) is 5.56 Å². The molecule has 0 bridgehead atoms. The fourth-order valence-corrected chi connectivity index (χ4v) is 2.06. The third-order valence-electron chi connectivity index (χ3n) is 3.16. The van der Waals surface area contributed by atoms with Gasteiger partial charge in [0.1, 0.15) is 5.75 Å². The molecule has 1 aromatic carbocycles. The Balaban J connectivity index is 2.53. The molecule has 0 aliphatic carbocycles. The molecule has 4 heteroatoms. The van der Waals surface area contributed by atoms with Crippen LogP contribution in [0.1, 0.15) is 37.9 Å². The van der Waals surface area contributed by atoms with E-state index in [4.69, 9.17) is 14.2 Å². The van der Waals surface area contributed by atoms with E-state index in [1.54, 1.807) is 7.11 Å². The van der Waals surface area contributed by atoms with Crippen LogP contribution in [0, 0.1) is 6.92 Å². The predicted octanol–water partition coefficient (Wildman–Crippen LogP) is 3.10. The topological polar surface area (TPSA) is 39.7 Å². The minimum absolute atomic E-state index is 0.106. The molecule has 0 aromatic heterocycles. The van der Waals surface area contributed by atoms with E-state index in [-0.39, 0.29) is 11.6 Å². The average molecular weight is 295 g/mol. The van der Waals surface area contributed by atoms with Gasteiger partial charge in [0.05, 0.1) is 38.6 Å². The first-order valence-electron chi connectivity index (χ1n) is 7.41. The number of benzene rings is 1. The van der Waals surface area contributed by atoms with Crippen LogP contribution in [0.25, 0.3) is 0 Å². The summed E-state index contributed by atoms with van der Waals surface area (Å²) in [5.41, 5.74) is 2.21. The Labute approximate surface area is 128 Å². The van der Waals surface area contributed by atoms with Gasteiger partial charge >= 0.3 is 0 Å². The van der Waals surface area contributed by atoms with Crippen molar-refractivity contribution in [2.24, 2.45) is 0 Å². The van der Waals surface area contributed by atoms with Crippen LogP contribution in [0.3, 0.4) is 0 Å². The number of methoxy groups -OCH3 is 1. The quantitative estimate of drug-likeness (QED) is 0.748. The minimum atomic E-state index is -0.120. The normalized spacial score (nSPS) is 13.2. The molecule has 1 atom stereocenters. The van der Waals surface area contributed by atoms with E-state index in [2.05, 4.69) is 18.3 Å². The number of ether oxygens (including phenoxy) is 3. The molecule has 0 aliphatic rings. The second kappa shape index (κ2) is 8.37. The van der Waals surface area contributed by atoms with Crippen LogP contribution in [-0.4, -0.2) is 39.6 Å². The smallest absolute Gasteiger partial charge is 0.123 e. The highest BCUT2D eigenvalue weighted by Gasteiger charge is 2.15. The first-order chi connectivity index (χ1) is 9.87. The van der Waals surface area contributed by atoms with Crippen molar-refractivity contribution in [1.82, 2.24) is 5.32 Å². The van der Waals surface area contributed by atoms with Gasteiger partial charge in [0.25, 0.3) is 0 Å². The van der Waals surface area contributed by atoms with Crippen molar-refractivity contribution in [3.05, 3.63) is 29.3 Å². The van der Waals surface area contributed by atoms with Crippen LogP contribution in [0.2, 0.25) is 0 Å². The molecule has 0 amide bonds. The van der Waals surface area contributed by atoms with Gasteiger partial charge in [-0.1, -0.05) is 17.7 Å². The molecule has 120 valence electrons. The summed E-state index contributed by atoms with van der Waals surface area (Å²) < 4.78 is 16.8. The Bertz CT molecular complexity index is 427. The molecule has 0 saturated carbocycles. The van der Waals surface area contributed by atoms with Gasteiger partial charge in [-0.05, 0) is 40.8 Å². The maximum absolute atomic E-state index is 5.73. The van der Waals surface area contributed by atoms with Gasteiger partial charge in [0.2, 0.25) is 0 Å². The highest BCUT2D eigenvalue weighted by Crippen LogP contribution is 2.26. The summed E-state index contributed by atoms with van der Waals surface area (Å²) >= 11 is 0. The second-order valence-corrected chi connectivity index (χ2v) is 6.12. The fraction of sp³-hybridized carbons (Fsp3) is 0.647. The van der Waals surface area contributed by atoms with E-state index in [9.17, 15) is 0 Å². The molecule has 1 aromatic rings. The monoisotopic (exact) mass is 295 g/mol. The van der Waals surface area contributed by atoms with E-state index >= 15 is 0 Å². The summed E-state index contributed by atoms with van der Waals surface area (Å²) in [4.78, 5) is 0. The van der Waals surface area contributed by atoms with Crippen molar-refractivity contribution in [3.63, 3.8) is 0 Å². The molecular formula is C17H29NO3. The lowest BCUT2D eigenvalue weighted by atomic mass is 10.0. The molecule has 0 saturated heterocycles. The van der Waals surface area contributed by atoms with E-state index < -0.39 is 0 Å². The number of hydrogen-bond acceptors (Lipinski definition) is 4. The van der Waals surface area contributed by atoms with Crippen LogP contribution >= 0.6 is 0 Å². The van der Waals surface area contributed by atoms with Crippen molar-refractivity contribution in [3.8, 4) is 5.75 Å². The zero-order valence-electron chi connectivity index (χ0n) is 14.2. The molecule has 1 unspecified atom stereocenters. The van der Waals surface area contributed by atoms with Crippen molar-refractivity contribution >= 4 is 0 Å². The Hall–Kier alpha value is -1.10. The molecule has 4 nitrogen and oxygen atoms in total.